The molecule has 2 aromatic rings. The van der Waals surface area contributed by atoms with Gasteiger partial charge in [0.1, 0.15) is 0 Å². The van der Waals surface area contributed by atoms with Crippen LogP contribution >= 0.6 is 0 Å². The summed E-state index contributed by atoms with van der Waals surface area (Å²) in [5.74, 6) is 0.609. The molecule has 1 atom stereocenters. The summed E-state index contributed by atoms with van der Waals surface area (Å²) < 4.78 is 27.6. The van der Waals surface area contributed by atoms with Crippen LogP contribution in [-0.4, -0.2) is 25.8 Å². The molecule has 3 rings (SSSR count). The molecule has 1 heterocycles. The Balaban J connectivity index is 2.04. The smallest absolute Gasteiger partial charge is 0.207 e. The van der Waals surface area contributed by atoms with Crippen molar-refractivity contribution in [2.45, 2.75) is 31.1 Å². The number of rotatable bonds is 2. The summed E-state index contributed by atoms with van der Waals surface area (Å²) in [5.41, 5.74) is 0. The van der Waals surface area contributed by atoms with Crippen LogP contribution in [-0.2, 0) is 10.0 Å². The molecule has 0 aliphatic carbocycles. The van der Waals surface area contributed by atoms with E-state index in [0.717, 1.165) is 30.0 Å². The van der Waals surface area contributed by atoms with Crippen molar-refractivity contribution in [2.24, 2.45) is 5.92 Å². The summed E-state index contributed by atoms with van der Waals surface area (Å²) in [6.07, 6.45) is 3.01. The van der Waals surface area contributed by atoms with Gasteiger partial charge in [-0.25, -0.2) is 8.42 Å². The third-order valence-corrected chi connectivity index (χ3v) is 6.30. The fourth-order valence-electron chi connectivity index (χ4n) is 3.04. The third kappa shape index (κ3) is 2.83. The number of hydrogen-bond acceptors (Lipinski definition) is 2. The summed E-state index contributed by atoms with van der Waals surface area (Å²) in [6.45, 7) is 3.47. The average Bonchev–Trinajstić information content (AvgIpc) is 2.72. The molecule has 1 fully saturated rings. The fraction of sp³-hybridized carbons (Fsp3) is 0.412. The van der Waals surface area contributed by atoms with E-state index in [0.29, 0.717) is 23.9 Å². The number of hydrogen-bond donors (Lipinski definition) is 0. The topological polar surface area (TPSA) is 37.4 Å². The minimum Gasteiger partial charge on any atom is -0.207 e. The van der Waals surface area contributed by atoms with Crippen LogP contribution in [0.4, 0.5) is 0 Å². The molecule has 1 aliphatic rings. The second-order valence-electron chi connectivity index (χ2n) is 5.92. The molecule has 0 radical (unpaired) electrons. The van der Waals surface area contributed by atoms with Crippen molar-refractivity contribution in [1.82, 2.24) is 4.31 Å². The molecule has 1 unspecified atom stereocenters. The molecule has 2 aromatic carbocycles. The standard InChI is InChI=1S/C17H21NO2S/c1-14-6-5-12-18(13-11-14)21(19,20)17-10-4-8-15-7-2-3-9-16(15)17/h2-4,7-10,14H,5-6,11-13H2,1H3. The third-order valence-electron chi connectivity index (χ3n) is 4.34. The van der Waals surface area contributed by atoms with E-state index >= 15 is 0 Å². The van der Waals surface area contributed by atoms with Gasteiger partial charge in [-0.3, -0.25) is 0 Å². The first kappa shape index (κ1) is 14.5. The van der Waals surface area contributed by atoms with Gasteiger partial charge >= 0.3 is 0 Å². The highest BCUT2D eigenvalue weighted by atomic mass is 32.2. The van der Waals surface area contributed by atoms with E-state index in [1.165, 1.54) is 0 Å². The molecular weight excluding hydrogens is 282 g/mol. The zero-order valence-electron chi connectivity index (χ0n) is 12.3. The van der Waals surface area contributed by atoms with Crippen LogP contribution in [0.25, 0.3) is 10.8 Å². The van der Waals surface area contributed by atoms with Crippen LogP contribution in [0.5, 0.6) is 0 Å². The lowest BCUT2D eigenvalue weighted by Gasteiger charge is -2.21. The molecule has 0 spiro atoms. The van der Waals surface area contributed by atoms with E-state index in [9.17, 15) is 8.42 Å². The largest absolute Gasteiger partial charge is 0.243 e. The lowest BCUT2D eigenvalue weighted by Crippen LogP contribution is -2.32. The molecule has 1 aliphatic heterocycles. The van der Waals surface area contributed by atoms with Crippen molar-refractivity contribution < 1.29 is 8.42 Å². The summed E-state index contributed by atoms with van der Waals surface area (Å²) in [6, 6.07) is 13.2. The minimum atomic E-state index is -3.40. The van der Waals surface area contributed by atoms with Gasteiger partial charge in [0.15, 0.2) is 0 Å². The maximum atomic E-state index is 13.0. The van der Waals surface area contributed by atoms with Gasteiger partial charge in [0.2, 0.25) is 10.0 Å². The van der Waals surface area contributed by atoms with Crippen LogP contribution in [0.2, 0.25) is 0 Å². The monoisotopic (exact) mass is 303 g/mol. The van der Waals surface area contributed by atoms with Crippen LogP contribution in [0, 0.1) is 5.92 Å². The number of fused-ring (bicyclic) bond motifs is 1. The summed E-state index contributed by atoms with van der Waals surface area (Å²) >= 11 is 0. The Kier molecular flexibility index (Phi) is 4.00. The molecule has 0 bridgehead atoms. The first-order valence-electron chi connectivity index (χ1n) is 7.57. The normalized spacial score (nSPS) is 21.3. The number of sulfonamides is 1. The van der Waals surface area contributed by atoms with Gasteiger partial charge in [0, 0.05) is 18.5 Å². The minimum absolute atomic E-state index is 0.440. The zero-order chi connectivity index (χ0) is 14.9. The van der Waals surface area contributed by atoms with Crippen molar-refractivity contribution in [3.8, 4) is 0 Å². The second kappa shape index (κ2) is 5.78. The van der Waals surface area contributed by atoms with Crippen LogP contribution < -0.4 is 0 Å². The molecule has 0 saturated carbocycles. The predicted octanol–water partition coefficient (Wildman–Crippen LogP) is 3.65. The van der Waals surface area contributed by atoms with E-state index in [1.54, 1.807) is 10.4 Å². The van der Waals surface area contributed by atoms with Crippen molar-refractivity contribution in [1.29, 1.82) is 0 Å². The summed E-state index contributed by atoms with van der Waals surface area (Å²) in [4.78, 5) is 0.440. The molecular formula is C17H21NO2S. The van der Waals surface area contributed by atoms with Gasteiger partial charge in [-0.2, -0.15) is 4.31 Å². The van der Waals surface area contributed by atoms with Crippen molar-refractivity contribution >= 4 is 20.8 Å². The van der Waals surface area contributed by atoms with E-state index in [-0.39, 0.29) is 0 Å². The van der Waals surface area contributed by atoms with Gasteiger partial charge in [0.25, 0.3) is 0 Å². The van der Waals surface area contributed by atoms with Crippen LogP contribution in [0.3, 0.4) is 0 Å². The molecule has 112 valence electrons. The Morgan fingerprint density at radius 3 is 2.62 bits per heavy atom. The van der Waals surface area contributed by atoms with Gasteiger partial charge in [-0.05, 0) is 36.6 Å². The molecule has 21 heavy (non-hydrogen) atoms. The summed E-state index contributed by atoms with van der Waals surface area (Å²) in [7, 11) is -3.40. The lowest BCUT2D eigenvalue weighted by atomic mass is 10.0. The quantitative estimate of drug-likeness (QED) is 0.849. The molecule has 3 nitrogen and oxygen atoms in total. The molecule has 0 aromatic heterocycles. The summed E-state index contributed by atoms with van der Waals surface area (Å²) in [5, 5.41) is 1.79. The fourth-order valence-corrected chi connectivity index (χ4v) is 4.74. The van der Waals surface area contributed by atoms with Gasteiger partial charge in [-0.15, -0.1) is 0 Å². The highest BCUT2D eigenvalue weighted by Gasteiger charge is 2.27. The highest BCUT2D eigenvalue weighted by Crippen LogP contribution is 2.28. The zero-order valence-corrected chi connectivity index (χ0v) is 13.1. The molecule has 0 amide bonds. The average molecular weight is 303 g/mol. The van der Waals surface area contributed by atoms with Crippen LogP contribution in [0.15, 0.2) is 47.4 Å². The first-order chi connectivity index (χ1) is 10.1. The van der Waals surface area contributed by atoms with Crippen LogP contribution in [0.1, 0.15) is 26.2 Å². The van der Waals surface area contributed by atoms with Crippen molar-refractivity contribution in [2.75, 3.05) is 13.1 Å². The van der Waals surface area contributed by atoms with E-state index in [4.69, 9.17) is 0 Å². The van der Waals surface area contributed by atoms with Gasteiger partial charge in [0.05, 0.1) is 4.90 Å². The molecule has 4 heteroatoms. The number of nitrogens with zero attached hydrogens (tertiary/aromatic N) is 1. The van der Waals surface area contributed by atoms with Crippen molar-refractivity contribution in [3.63, 3.8) is 0 Å². The molecule has 1 saturated heterocycles. The van der Waals surface area contributed by atoms with E-state index in [2.05, 4.69) is 6.92 Å². The maximum Gasteiger partial charge on any atom is 0.243 e. The lowest BCUT2D eigenvalue weighted by molar-refractivity contribution is 0.417. The van der Waals surface area contributed by atoms with E-state index in [1.807, 2.05) is 36.4 Å². The SMILES string of the molecule is CC1CCCN(S(=O)(=O)c2cccc3ccccc23)CC1. The Labute approximate surface area is 126 Å². The van der Waals surface area contributed by atoms with Gasteiger partial charge < -0.3 is 0 Å². The number of benzene rings is 2. The Bertz CT molecular complexity index is 734. The maximum absolute atomic E-state index is 13.0. The second-order valence-corrected chi connectivity index (χ2v) is 7.82. The Morgan fingerprint density at radius 1 is 1.00 bits per heavy atom. The predicted molar refractivity (Wildman–Crippen MR) is 85.7 cm³/mol. The van der Waals surface area contributed by atoms with Crippen molar-refractivity contribution in [3.05, 3.63) is 42.5 Å². The first-order valence-corrected chi connectivity index (χ1v) is 9.01. The molecule has 0 N–H and O–H groups in total. The van der Waals surface area contributed by atoms with E-state index < -0.39 is 10.0 Å². The highest BCUT2D eigenvalue weighted by molar-refractivity contribution is 7.89. The van der Waals surface area contributed by atoms with Gasteiger partial charge in [-0.1, -0.05) is 43.3 Å². The Hall–Kier alpha value is -1.39. The Morgan fingerprint density at radius 2 is 1.76 bits per heavy atom.